The Hall–Kier alpha value is -1.99. The Bertz CT molecular complexity index is 570. The number of rotatable bonds is 4. The molecule has 2 N–H and O–H groups in total. The molecule has 1 aliphatic rings. The standard InChI is InChI=1S/C13H16N4O2S/c1-9-14-16(3)13(20)17(9)11-6-4-10(5-7-11)15(2)8-12(18)19/h4-7H,8H2,1-3H3,(H,18,19)/p+1. The van der Waals surface area contributed by atoms with Gasteiger partial charge in [-0.25, -0.2) is 5.01 Å². The quantitative estimate of drug-likeness (QED) is 0.781. The lowest BCUT2D eigenvalue weighted by atomic mass is 10.2. The lowest BCUT2D eigenvalue weighted by Crippen LogP contribution is -3.11. The zero-order valence-corrected chi connectivity index (χ0v) is 12.4. The molecule has 1 aromatic carbocycles. The van der Waals surface area contributed by atoms with Crippen molar-refractivity contribution in [3.63, 3.8) is 0 Å². The van der Waals surface area contributed by atoms with Gasteiger partial charge >= 0.3 is 11.1 Å². The van der Waals surface area contributed by atoms with E-state index < -0.39 is 5.97 Å². The van der Waals surface area contributed by atoms with E-state index in [9.17, 15) is 4.79 Å². The van der Waals surface area contributed by atoms with E-state index in [2.05, 4.69) is 5.10 Å². The Morgan fingerprint density at radius 1 is 1.45 bits per heavy atom. The smallest absolute Gasteiger partial charge is 0.323 e. The van der Waals surface area contributed by atoms with Crippen LogP contribution in [0.15, 0.2) is 29.4 Å². The van der Waals surface area contributed by atoms with Gasteiger partial charge in [0, 0.05) is 51.1 Å². The molecular weight excluding hydrogens is 276 g/mol. The Morgan fingerprint density at radius 2 is 2.05 bits per heavy atom. The average Bonchev–Trinajstić information content (AvgIpc) is 2.63. The third kappa shape index (κ3) is 2.78. The van der Waals surface area contributed by atoms with Crippen molar-refractivity contribution in [1.82, 2.24) is 5.01 Å². The number of thiocarbonyl (C=S) groups is 1. The summed E-state index contributed by atoms with van der Waals surface area (Å²) in [6.45, 7) is 1.90. The summed E-state index contributed by atoms with van der Waals surface area (Å²) in [4.78, 5) is 13.3. The number of carbonyl (C=O) groups is 1. The highest BCUT2D eigenvalue weighted by Gasteiger charge is 2.32. The number of nitrogens with zero attached hydrogens (tertiary/aromatic N) is 3. The molecule has 0 fully saturated rings. The number of aliphatic carboxylic acids is 1. The van der Waals surface area contributed by atoms with Crippen LogP contribution in [0.25, 0.3) is 0 Å². The van der Waals surface area contributed by atoms with Gasteiger partial charge in [-0.2, -0.15) is 4.90 Å². The molecule has 0 aromatic heterocycles. The number of anilines is 1. The minimum atomic E-state index is -0.854. The van der Waals surface area contributed by atoms with Crippen LogP contribution in [0.5, 0.6) is 0 Å². The summed E-state index contributed by atoms with van der Waals surface area (Å²) in [6, 6.07) is 7.65. The summed E-state index contributed by atoms with van der Waals surface area (Å²) in [5.41, 5.74) is 1.84. The summed E-state index contributed by atoms with van der Waals surface area (Å²) >= 11 is 5.35. The molecule has 1 aliphatic heterocycles. The minimum absolute atomic E-state index is 0.0302. The molecule has 0 radical (unpaired) electrons. The van der Waals surface area contributed by atoms with Crippen molar-refractivity contribution in [2.45, 2.75) is 6.92 Å². The van der Waals surface area contributed by atoms with E-state index in [1.54, 1.807) is 17.0 Å². The number of nitrogens with one attached hydrogen (secondary N) is 1. The number of benzene rings is 1. The summed E-state index contributed by atoms with van der Waals surface area (Å²) in [6.07, 6.45) is 0. The van der Waals surface area contributed by atoms with E-state index in [1.807, 2.05) is 38.2 Å². The topological polar surface area (TPSA) is 60.6 Å². The highest BCUT2D eigenvalue weighted by Crippen LogP contribution is 2.15. The van der Waals surface area contributed by atoms with Crippen LogP contribution in [0.1, 0.15) is 6.92 Å². The predicted molar refractivity (Wildman–Crippen MR) is 81.4 cm³/mol. The molecule has 1 aromatic rings. The number of hydrogen-bond donors (Lipinski definition) is 2. The van der Waals surface area contributed by atoms with Crippen molar-refractivity contribution in [3.8, 4) is 0 Å². The molecule has 1 heterocycles. The summed E-state index contributed by atoms with van der Waals surface area (Å²) < 4.78 is 0. The Morgan fingerprint density at radius 3 is 2.50 bits per heavy atom. The fourth-order valence-corrected chi connectivity index (χ4v) is 2.45. The van der Waals surface area contributed by atoms with Crippen LogP contribution in [-0.2, 0) is 4.79 Å². The number of carboxylic acid groups (broad SMARTS) is 1. The number of hydrazone groups is 1. The van der Waals surface area contributed by atoms with Gasteiger partial charge < -0.3 is 10.0 Å². The largest absolute Gasteiger partial charge is 0.480 e. The minimum Gasteiger partial charge on any atom is -0.480 e. The molecule has 1 atom stereocenters. The first kappa shape index (κ1) is 14.4. The lowest BCUT2D eigenvalue weighted by molar-refractivity contribution is -0.616. The van der Waals surface area contributed by atoms with Crippen molar-refractivity contribution >= 4 is 40.5 Å². The number of likely N-dealkylation sites (N-methyl/N-ethyl adjacent to an activating group) is 1. The van der Waals surface area contributed by atoms with Crippen molar-refractivity contribution in [1.29, 1.82) is 0 Å². The van der Waals surface area contributed by atoms with Gasteiger partial charge in [-0.3, -0.25) is 4.79 Å². The number of quaternary nitrogens is 1. The molecule has 6 nitrogen and oxygen atoms in total. The summed E-state index contributed by atoms with van der Waals surface area (Å²) in [5.74, 6) is 0.0386. The van der Waals surface area contributed by atoms with Gasteiger partial charge in [0.1, 0.15) is 12.2 Å². The summed E-state index contributed by atoms with van der Waals surface area (Å²) in [5, 5.41) is 15.5. The second-order valence-corrected chi connectivity index (χ2v) is 5.07. The van der Waals surface area contributed by atoms with Gasteiger partial charge in [0.05, 0.1) is 0 Å². The van der Waals surface area contributed by atoms with E-state index in [0.717, 1.165) is 22.1 Å². The fourth-order valence-electron chi connectivity index (χ4n) is 2.15. The fraction of sp³-hybridized carbons (Fsp3) is 0.308. The van der Waals surface area contributed by atoms with Crippen molar-refractivity contribution in [2.24, 2.45) is 5.10 Å². The van der Waals surface area contributed by atoms with Gasteiger partial charge in [-0.1, -0.05) is 0 Å². The lowest BCUT2D eigenvalue weighted by Gasteiger charge is -2.18. The molecule has 2 rings (SSSR count). The average molecular weight is 293 g/mol. The Labute approximate surface area is 122 Å². The maximum Gasteiger partial charge on any atom is 0.323 e. The first-order chi connectivity index (χ1) is 9.40. The maximum atomic E-state index is 10.7. The van der Waals surface area contributed by atoms with Crippen molar-refractivity contribution in [2.75, 3.05) is 25.5 Å². The SMILES string of the molecule is CC1=NN(C)C(=S)[NH+]1c1ccc(N(C)CC(=O)O)cc1. The normalized spacial score (nSPS) is 18.1. The van der Waals surface area contributed by atoms with Crippen LogP contribution in [0, 0.1) is 0 Å². The molecule has 0 amide bonds. The summed E-state index contributed by atoms with van der Waals surface area (Å²) in [7, 11) is 3.57. The Balaban J connectivity index is 2.19. The van der Waals surface area contributed by atoms with Crippen LogP contribution in [0.3, 0.4) is 0 Å². The van der Waals surface area contributed by atoms with Crippen LogP contribution in [0.2, 0.25) is 0 Å². The van der Waals surface area contributed by atoms with Crippen molar-refractivity contribution in [3.05, 3.63) is 24.3 Å². The molecule has 0 spiro atoms. The van der Waals surface area contributed by atoms with Crippen LogP contribution in [0.4, 0.5) is 11.4 Å². The second kappa shape index (κ2) is 5.56. The predicted octanol–water partition coefficient (Wildman–Crippen LogP) is 0.287. The van der Waals surface area contributed by atoms with Gasteiger partial charge in [-0.15, -0.1) is 5.10 Å². The third-order valence-electron chi connectivity index (χ3n) is 3.14. The molecule has 0 aliphatic carbocycles. The number of hydrogen-bond acceptors (Lipinski definition) is 4. The maximum absolute atomic E-state index is 10.7. The third-order valence-corrected chi connectivity index (χ3v) is 3.61. The van der Waals surface area contributed by atoms with E-state index in [1.165, 1.54) is 0 Å². The highest BCUT2D eigenvalue weighted by molar-refractivity contribution is 7.79. The van der Waals surface area contributed by atoms with E-state index in [-0.39, 0.29) is 6.54 Å². The monoisotopic (exact) mass is 293 g/mol. The van der Waals surface area contributed by atoms with E-state index in [0.29, 0.717) is 5.11 Å². The van der Waals surface area contributed by atoms with E-state index in [4.69, 9.17) is 17.3 Å². The van der Waals surface area contributed by atoms with Gasteiger partial charge in [0.25, 0.3) is 0 Å². The van der Waals surface area contributed by atoms with E-state index >= 15 is 0 Å². The Kier molecular flexibility index (Phi) is 4.01. The number of carboxylic acids is 1. The van der Waals surface area contributed by atoms with Gasteiger partial charge in [-0.05, 0) is 12.1 Å². The van der Waals surface area contributed by atoms with Crippen LogP contribution < -0.4 is 9.80 Å². The molecule has 1 unspecified atom stereocenters. The number of amidine groups is 1. The molecular formula is C13H17N4O2S+. The van der Waals surface area contributed by atoms with Crippen LogP contribution >= 0.6 is 12.2 Å². The zero-order valence-electron chi connectivity index (χ0n) is 11.6. The molecule has 0 bridgehead atoms. The molecule has 7 heteroatoms. The van der Waals surface area contributed by atoms with Gasteiger partial charge in [0.15, 0.2) is 0 Å². The zero-order chi connectivity index (χ0) is 14.9. The molecule has 106 valence electrons. The second-order valence-electron chi connectivity index (χ2n) is 4.69. The van der Waals surface area contributed by atoms with Gasteiger partial charge in [0.2, 0.25) is 5.84 Å². The molecule has 0 saturated heterocycles. The van der Waals surface area contributed by atoms with Crippen molar-refractivity contribution < 1.29 is 14.8 Å². The molecule has 20 heavy (non-hydrogen) atoms. The van der Waals surface area contributed by atoms with Crippen LogP contribution in [-0.4, -0.2) is 47.7 Å². The highest BCUT2D eigenvalue weighted by atomic mass is 32.1. The molecule has 0 saturated carbocycles. The first-order valence-corrected chi connectivity index (χ1v) is 6.55. The first-order valence-electron chi connectivity index (χ1n) is 6.14.